The molecule has 192 valence electrons. The molecule has 8 nitrogen and oxygen atoms in total. The van der Waals surface area contributed by atoms with E-state index in [1.165, 1.54) is 11.1 Å². The van der Waals surface area contributed by atoms with Crippen molar-refractivity contribution in [2.75, 3.05) is 24.6 Å². The van der Waals surface area contributed by atoms with Crippen LogP contribution >= 0.6 is 0 Å². The number of carbonyl (C=O) groups excluding carboxylic acids is 2. The number of ketones is 1. The largest absolute Gasteiger partial charge is 0.345 e. The lowest BCUT2D eigenvalue weighted by molar-refractivity contribution is 0.0827. The number of pyridine rings is 1. The van der Waals surface area contributed by atoms with E-state index in [2.05, 4.69) is 14.7 Å². The van der Waals surface area contributed by atoms with Crippen molar-refractivity contribution in [3.63, 3.8) is 0 Å². The first kappa shape index (κ1) is 26.0. The predicted molar refractivity (Wildman–Crippen MR) is 137 cm³/mol. The fourth-order valence-electron chi connectivity index (χ4n) is 3.87. The summed E-state index contributed by atoms with van der Waals surface area (Å²) in [6, 6.07) is 10.2. The van der Waals surface area contributed by atoms with Gasteiger partial charge in [-0.25, -0.2) is 22.2 Å². The molecule has 4 aromatic rings. The van der Waals surface area contributed by atoms with E-state index in [0.29, 0.717) is 34.1 Å². The first-order valence-corrected chi connectivity index (χ1v) is 13.0. The number of H-pyrrole nitrogens is 1. The molecule has 37 heavy (non-hydrogen) atoms. The zero-order valence-corrected chi connectivity index (χ0v) is 21.1. The Morgan fingerprint density at radius 2 is 1.76 bits per heavy atom. The van der Waals surface area contributed by atoms with E-state index in [0.717, 1.165) is 12.1 Å². The quantitative estimate of drug-likeness (QED) is 0.326. The van der Waals surface area contributed by atoms with E-state index in [9.17, 15) is 22.4 Å². The van der Waals surface area contributed by atoms with Crippen molar-refractivity contribution in [2.45, 2.75) is 13.3 Å². The molecule has 0 unspecified atom stereocenters. The first-order chi connectivity index (χ1) is 17.5. The molecule has 1 amide bonds. The average Bonchev–Trinajstić information content (AvgIpc) is 3.28. The molecule has 0 fully saturated rings. The number of aromatic amines is 1. The summed E-state index contributed by atoms with van der Waals surface area (Å²) < 4.78 is 56.1. The molecular weight excluding hydrogens is 502 g/mol. The molecule has 2 aromatic heterocycles. The van der Waals surface area contributed by atoms with Crippen LogP contribution in [0.1, 0.15) is 39.6 Å². The van der Waals surface area contributed by atoms with Gasteiger partial charge in [0, 0.05) is 48.6 Å². The van der Waals surface area contributed by atoms with Crippen LogP contribution in [-0.2, 0) is 10.0 Å². The molecule has 0 atom stereocenters. The standard InChI is InChI=1S/C26H24F2N4O4S/c1-4-11-37(35,36)31-21-10-9-20(27)22(23(21)28)24(33)19-14-30-25-18(19)12-17(13-29-25)15-5-7-16(8-6-15)26(34)32(2)3/h5-10,12-14,31H,4,11H2,1-3H3,(H,29,30). The second-order valence-electron chi connectivity index (χ2n) is 8.63. The summed E-state index contributed by atoms with van der Waals surface area (Å²) in [5.74, 6) is -3.80. The molecule has 0 spiro atoms. The molecule has 2 aromatic carbocycles. The molecule has 0 saturated carbocycles. The third kappa shape index (κ3) is 5.21. The third-order valence-corrected chi connectivity index (χ3v) is 7.18. The lowest BCUT2D eigenvalue weighted by Gasteiger charge is -2.11. The number of nitrogens with zero attached hydrogens (tertiary/aromatic N) is 2. The van der Waals surface area contributed by atoms with Crippen molar-refractivity contribution in [1.29, 1.82) is 0 Å². The van der Waals surface area contributed by atoms with Crippen molar-refractivity contribution in [2.24, 2.45) is 0 Å². The summed E-state index contributed by atoms with van der Waals surface area (Å²) in [6.45, 7) is 1.65. The summed E-state index contributed by atoms with van der Waals surface area (Å²) in [5, 5.41) is 0.326. The Kier molecular flexibility index (Phi) is 7.08. The summed E-state index contributed by atoms with van der Waals surface area (Å²) >= 11 is 0. The number of benzene rings is 2. The number of amides is 1. The second-order valence-corrected chi connectivity index (χ2v) is 10.5. The van der Waals surface area contributed by atoms with Gasteiger partial charge in [-0.05, 0) is 42.3 Å². The molecule has 0 saturated heterocycles. The number of rotatable bonds is 8. The minimum absolute atomic E-state index is 0.0323. The average molecular weight is 527 g/mol. The Morgan fingerprint density at radius 1 is 1.05 bits per heavy atom. The van der Waals surface area contributed by atoms with Crippen LogP contribution in [0.15, 0.2) is 54.9 Å². The maximum Gasteiger partial charge on any atom is 0.253 e. The zero-order chi connectivity index (χ0) is 26.9. The Hall–Kier alpha value is -4.12. The SMILES string of the molecule is CCCS(=O)(=O)Nc1ccc(F)c(C(=O)c2c[nH]c3ncc(-c4ccc(C(=O)N(C)C)cc4)cc23)c1F. The highest BCUT2D eigenvalue weighted by molar-refractivity contribution is 7.92. The number of aromatic nitrogens is 2. The fourth-order valence-corrected chi connectivity index (χ4v) is 5.01. The lowest BCUT2D eigenvalue weighted by Crippen LogP contribution is -2.21. The number of sulfonamides is 1. The molecule has 11 heteroatoms. The number of hydrogen-bond donors (Lipinski definition) is 2. The van der Waals surface area contributed by atoms with Crippen molar-refractivity contribution >= 4 is 38.4 Å². The number of anilines is 1. The monoisotopic (exact) mass is 526 g/mol. The molecule has 2 heterocycles. The Balaban J connectivity index is 1.73. The van der Waals surface area contributed by atoms with Crippen LogP contribution in [0.25, 0.3) is 22.2 Å². The summed E-state index contributed by atoms with van der Waals surface area (Å²) in [6.07, 6.45) is 3.17. The van der Waals surface area contributed by atoms with Crippen molar-refractivity contribution in [3.8, 4) is 11.1 Å². The first-order valence-electron chi connectivity index (χ1n) is 11.3. The molecule has 2 N–H and O–H groups in total. The van der Waals surface area contributed by atoms with E-state index < -0.39 is 38.7 Å². The zero-order valence-electron chi connectivity index (χ0n) is 20.3. The van der Waals surface area contributed by atoms with Crippen LogP contribution in [0.3, 0.4) is 0 Å². The van der Waals surface area contributed by atoms with Gasteiger partial charge < -0.3 is 9.88 Å². The molecule has 4 rings (SSSR count). The van der Waals surface area contributed by atoms with Crippen LogP contribution in [0.5, 0.6) is 0 Å². The van der Waals surface area contributed by atoms with E-state index in [1.807, 2.05) is 0 Å². The number of fused-ring (bicyclic) bond motifs is 1. The number of hydrogen-bond acceptors (Lipinski definition) is 5. The fraction of sp³-hybridized carbons (Fsp3) is 0.192. The van der Waals surface area contributed by atoms with Gasteiger partial charge in [0.05, 0.1) is 17.0 Å². The van der Waals surface area contributed by atoms with Gasteiger partial charge in [-0.2, -0.15) is 0 Å². The lowest BCUT2D eigenvalue weighted by atomic mass is 9.99. The van der Waals surface area contributed by atoms with E-state index >= 15 is 4.39 Å². The van der Waals surface area contributed by atoms with Crippen molar-refractivity contribution in [1.82, 2.24) is 14.9 Å². The molecule has 0 bridgehead atoms. The van der Waals surface area contributed by atoms with E-state index in [4.69, 9.17) is 0 Å². The van der Waals surface area contributed by atoms with Gasteiger partial charge in [0.25, 0.3) is 5.91 Å². The van der Waals surface area contributed by atoms with Crippen molar-refractivity contribution < 1.29 is 26.8 Å². The molecule has 0 radical (unpaired) electrons. The van der Waals surface area contributed by atoms with Crippen LogP contribution < -0.4 is 4.72 Å². The molecule has 0 aliphatic heterocycles. The number of halogens is 2. The minimum atomic E-state index is -3.86. The Labute approximate surface area is 212 Å². The molecule has 0 aliphatic carbocycles. The summed E-state index contributed by atoms with van der Waals surface area (Å²) in [7, 11) is -0.559. The van der Waals surface area contributed by atoms with Crippen LogP contribution in [-0.4, -0.2) is 54.8 Å². The Morgan fingerprint density at radius 3 is 2.41 bits per heavy atom. The normalized spacial score (nSPS) is 11.5. The van der Waals surface area contributed by atoms with Gasteiger partial charge in [0.15, 0.2) is 5.82 Å². The number of nitrogens with one attached hydrogen (secondary N) is 2. The highest BCUT2D eigenvalue weighted by Crippen LogP contribution is 2.30. The van der Waals surface area contributed by atoms with Gasteiger partial charge in [-0.15, -0.1) is 0 Å². The Bertz CT molecular complexity index is 1610. The smallest absolute Gasteiger partial charge is 0.253 e. The minimum Gasteiger partial charge on any atom is -0.345 e. The van der Waals surface area contributed by atoms with Gasteiger partial charge in [-0.3, -0.25) is 14.3 Å². The highest BCUT2D eigenvalue weighted by Gasteiger charge is 2.26. The van der Waals surface area contributed by atoms with Crippen LogP contribution in [0.2, 0.25) is 0 Å². The van der Waals surface area contributed by atoms with Gasteiger partial charge in [0.1, 0.15) is 11.5 Å². The summed E-state index contributed by atoms with van der Waals surface area (Å²) in [4.78, 5) is 34.0. The van der Waals surface area contributed by atoms with Gasteiger partial charge >= 0.3 is 0 Å². The van der Waals surface area contributed by atoms with Crippen molar-refractivity contribution in [3.05, 3.63) is 83.2 Å². The van der Waals surface area contributed by atoms with Crippen LogP contribution in [0.4, 0.5) is 14.5 Å². The van der Waals surface area contributed by atoms with Gasteiger partial charge in [0.2, 0.25) is 15.8 Å². The van der Waals surface area contributed by atoms with E-state index in [-0.39, 0.29) is 17.2 Å². The predicted octanol–water partition coefficient (Wildman–Crippen LogP) is 4.59. The topological polar surface area (TPSA) is 112 Å². The second kappa shape index (κ2) is 10.1. The van der Waals surface area contributed by atoms with Crippen LogP contribution in [0, 0.1) is 11.6 Å². The molecular formula is C26H24F2N4O4S. The summed E-state index contributed by atoms with van der Waals surface area (Å²) in [5.41, 5.74) is 0.739. The third-order valence-electron chi connectivity index (χ3n) is 5.70. The maximum atomic E-state index is 15.2. The van der Waals surface area contributed by atoms with Gasteiger partial charge in [-0.1, -0.05) is 19.1 Å². The highest BCUT2D eigenvalue weighted by atomic mass is 32.2. The molecule has 0 aliphatic rings. The maximum absolute atomic E-state index is 15.2. The van der Waals surface area contributed by atoms with E-state index in [1.54, 1.807) is 57.5 Å². The number of carbonyl (C=O) groups is 2.